The molecule has 1 heterocycles. The van der Waals surface area contributed by atoms with Crippen LogP contribution in [0.2, 0.25) is 0 Å². The van der Waals surface area contributed by atoms with Gasteiger partial charge in [0.05, 0.1) is 6.42 Å². The van der Waals surface area contributed by atoms with Crippen molar-refractivity contribution in [1.29, 1.82) is 0 Å². The number of rotatable bonds is 6. The van der Waals surface area contributed by atoms with E-state index in [1.54, 1.807) is 0 Å². The Labute approximate surface area is 120 Å². The van der Waals surface area contributed by atoms with Crippen molar-refractivity contribution in [3.63, 3.8) is 0 Å². The summed E-state index contributed by atoms with van der Waals surface area (Å²) >= 11 is 0. The minimum absolute atomic E-state index is 0.0608. The number of nitrogens with zero attached hydrogens (tertiary/aromatic N) is 2. The van der Waals surface area contributed by atoms with Gasteiger partial charge in [-0.25, -0.2) is 4.68 Å². The Morgan fingerprint density at radius 2 is 1.90 bits per heavy atom. The van der Waals surface area contributed by atoms with Gasteiger partial charge in [-0.1, -0.05) is 30.3 Å². The molecule has 0 aliphatic carbocycles. The molecule has 0 fully saturated rings. The van der Waals surface area contributed by atoms with E-state index in [2.05, 4.69) is 5.10 Å². The topological polar surface area (TPSA) is 52.0 Å². The molecule has 0 bridgehead atoms. The fourth-order valence-electron chi connectivity index (χ4n) is 2.02. The molecule has 1 aromatic carbocycles. The Kier molecular flexibility index (Phi) is 4.57. The molecule has 0 saturated heterocycles. The van der Waals surface area contributed by atoms with Crippen LogP contribution in [0.5, 0.6) is 0 Å². The van der Waals surface area contributed by atoms with Crippen LogP contribution >= 0.6 is 0 Å². The number of Topliss-reactive ketones (excluding diaryl/α,β-unsaturated/α-hetero) is 2. The number of hydrogen-bond acceptors (Lipinski definition) is 3. The van der Waals surface area contributed by atoms with Crippen molar-refractivity contribution in [2.24, 2.45) is 0 Å². The second-order valence-corrected chi connectivity index (χ2v) is 4.72. The molecule has 2 aromatic rings. The standard InChI is InChI=1S/C15H14F2N2O2/c1-10(20)7-13(21)14-12(9-19(18-14)15(16)17)8-11-5-3-2-4-6-11/h2-6,9,15H,7-8H2,1H3. The first kappa shape index (κ1) is 15.0. The van der Waals surface area contributed by atoms with E-state index < -0.39 is 12.3 Å². The second-order valence-electron chi connectivity index (χ2n) is 4.72. The Balaban J connectivity index is 2.34. The molecule has 2 rings (SSSR count). The number of carbonyl (C=O) groups is 2. The van der Waals surface area contributed by atoms with Crippen LogP contribution in [0.4, 0.5) is 8.78 Å². The third kappa shape index (κ3) is 3.81. The highest BCUT2D eigenvalue weighted by molar-refractivity contribution is 6.07. The zero-order valence-electron chi connectivity index (χ0n) is 11.4. The summed E-state index contributed by atoms with van der Waals surface area (Å²) in [4.78, 5) is 23.0. The quantitative estimate of drug-likeness (QED) is 0.607. The minimum Gasteiger partial charge on any atom is -0.300 e. The van der Waals surface area contributed by atoms with Gasteiger partial charge in [0.15, 0.2) is 5.78 Å². The Morgan fingerprint density at radius 3 is 2.48 bits per heavy atom. The summed E-state index contributed by atoms with van der Waals surface area (Å²) in [5.74, 6) is -0.856. The van der Waals surface area contributed by atoms with Gasteiger partial charge in [0.2, 0.25) is 0 Å². The highest BCUT2D eigenvalue weighted by Gasteiger charge is 2.20. The van der Waals surface area contributed by atoms with Crippen molar-refractivity contribution < 1.29 is 18.4 Å². The lowest BCUT2D eigenvalue weighted by atomic mass is 10.0. The van der Waals surface area contributed by atoms with E-state index in [4.69, 9.17) is 0 Å². The summed E-state index contributed by atoms with van der Waals surface area (Å²) in [6, 6.07) is 9.15. The molecule has 0 N–H and O–H groups in total. The van der Waals surface area contributed by atoms with Crippen molar-refractivity contribution >= 4 is 11.6 Å². The summed E-state index contributed by atoms with van der Waals surface area (Å²) in [6.45, 7) is -1.54. The summed E-state index contributed by atoms with van der Waals surface area (Å²) in [7, 11) is 0. The van der Waals surface area contributed by atoms with Crippen molar-refractivity contribution in [2.45, 2.75) is 26.3 Å². The molecule has 0 aliphatic rings. The molecule has 0 amide bonds. The Bertz CT molecular complexity index is 651. The second kappa shape index (κ2) is 6.39. The normalized spacial score (nSPS) is 10.9. The van der Waals surface area contributed by atoms with Gasteiger partial charge in [0.1, 0.15) is 11.5 Å². The number of hydrogen-bond donors (Lipinski definition) is 0. The van der Waals surface area contributed by atoms with Crippen LogP contribution in [-0.4, -0.2) is 21.3 Å². The predicted molar refractivity (Wildman–Crippen MR) is 72.4 cm³/mol. The van der Waals surface area contributed by atoms with Crippen LogP contribution in [0, 0.1) is 0 Å². The van der Waals surface area contributed by atoms with Crippen molar-refractivity contribution in [3.8, 4) is 0 Å². The minimum atomic E-state index is -2.82. The molecule has 1 aromatic heterocycles. The molecule has 0 radical (unpaired) electrons. The number of halogens is 2. The van der Waals surface area contributed by atoms with E-state index in [9.17, 15) is 18.4 Å². The van der Waals surface area contributed by atoms with Gasteiger partial charge in [-0.15, -0.1) is 0 Å². The Hall–Kier alpha value is -2.37. The van der Waals surface area contributed by atoms with E-state index in [0.717, 1.165) is 11.8 Å². The maximum Gasteiger partial charge on any atom is 0.333 e. The zero-order valence-corrected chi connectivity index (χ0v) is 11.4. The van der Waals surface area contributed by atoms with E-state index in [1.807, 2.05) is 30.3 Å². The molecule has 0 aliphatic heterocycles. The molecule has 0 saturated carbocycles. The summed E-state index contributed by atoms with van der Waals surface area (Å²) in [5.41, 5.74) is 1.21. The lowest BCUT2D eigenvalue weighted by Gasteiger charge is -2.01. The number of benzene rings is 1. The zero-order chi connectivity index (χ0) is 15.4. The molecule has 0 spiro atoms. The monoisotopic (exact) mass is 292 g/mol. The summed E-state index contributed by atoms with van der Waals surface area (Å²) in [6.07, 6.45) is 1.14. The molecule has 110 valence electrons. The van der Waals surface area contributed by atoms with E-state index in [-0.39, 0.29) is 17.9 Å². The van der Waals surface area contributed by atoms with E-state index in [1.165, 1.54) is 6.92 Å². The van der Waals surface area contributed by atoms with Crippen LogP contribution in [-0.2, 0) is 11.2 Å². The highest BCUT2D eigenvalue weighted by Crippen LogP contribution is 2.19. The van der Waals surface area contributed by atoms with Crippen LogP contribution in [0.15, 0.2) is 36.5 Å². The molecule has 21 heavy (non-hydrogen) atoms. The molecule has 4 nitrogen and oxygen atoms in total. The number of aromatic nitrogens is 2. The van der Waals surface area contributed by atoms with Crippen molar-refractivity contribution in [1.82, 2.24) is 9.78 Å². The largest absolute Gasteiger partial charge is 0.333 e. The van der Waals surface area contributed by atoms with Gasteiger partial charge in [-0.2, -0.15) is 13.9 Å². The average Bonchev–Trinajstić information content (AvgIpc) is 2.83. The van der Waals surface area contributed by atoms with Crippen molar-refractivity contribution in [3.05, 3.63) is 53.3 Å². The maximum atomic E-state index is 12.7. The average molecular weight is 292 g/mol. The smallest absolute Gasteiger partial charge is 0.300 e. The molecular formula is C15H14F2N2O2. The van der Waals surface area contributed by atoms with E-state index >= 15 is 0 Å². The van der Waals surface area contributed by atoms with Gasteiger partial charge < -0.3 is 0 Å². The third-order valence-electron chi connectivity index (χ3n) is 2.92. The number of ketones is 2. The van der Waals surface area contributed by atoms with Crippen LogP contribution in [0.1, 0.15) is 41.5 Å². The first-order chi connectivity index (χ1) is 9.97. The summed E-state index contributed by atoms with van der Waals surface area (Å²) in [5, 5.41) is 3.62. The SMILES string of the molecule is CC(=O)CC(=O)c1nn(C(F)F)cc1Cc1ccccc1. The van der Waals surface area contributed by atoms with Crippen molar-refractivity contribution in [2.75, 3.05) is 0 Å². The van der Waals surface area contributed by atoms with Gasteiger partial charge in [0.25, 0.3) is 0 Å². The van der Waals surface area contributed by atoms with Gasteiger partial charge >= 0.3 is 6.55 Å². The Morgan fingerprint density at radius 1 is 1.24 bits per heavy atom. The summed E-state index contributed by atoms with van der Waals surface area (Å²) < 4.78 is 25.9. The first-order valence-electron chi connectivity index (χ1n) is 6.40. The third-order valence-corrected chi connectivity index (χ3v) is 2.92. The molecule has 0 atom stereocenters. The molecular weight excluding hydrogens is 278 g/mol. The van der Waals surface area contributed by atoms with Crippen LogP contribution in [0.3, 0.4) is 0 Å². The maximum absolute atomic E-state index is 12.7. The van der Waals surface area contributed by atoms with Gasteiger partial charge in [-0.3, -0.25) is 9.59 Å². The number of alkyl halides is 2. The van der Waals surface area contributed by atoms with E-state index in [0.29, 0.717) is 16.7 Å². The van der Waals surface area contributed by atoms with Gasteiger partial charge in [0, 0.05) is 18.2 Å². The lowest BCUT2D eigenvalue weighted by molar-refractivity contribution is -0.116. The molecule has 6 heteroatoms. The first-order valence-corrected chi connectivity index (χ1v) is 6.40. The lowest BCUT2D eigenvalue weighted by Crippen LogP contribution is -2.09. The van der Waals surface area contributed by atoms with Crippen LogP contribution < -0.4 is 0 Å². The van der Waals surface area contributed by atoms with Crippen LogP contribution in [0.25, 0.3) is 0 Å². The molecule has 0 unspecified atom stereocenters. The fraction of sp³-hybridized carbons (Fsp3) is 0.267. The van der Waals surface area contributed by atoms with Gasteiger partial charge in [-0.05, 0) is 12.5 Å². The number of carbonyl (C=O) groups excluding carboxylic acids is 2. The fourth-order valence-corrected chi connectivity index (χ4v) is 2.02. The highest BCUT2D eigenvalue weighted by atomic mass is 19.3. The predicted octanol–water partition coefficient (Wildman–Crippen LogP) is 3.03.